The largest absolute Gasteiger partial charge is 0.508 e. The van der Waals surface area contributed by atoms with E-state index in [4.69, 9.17) is 10.2 Å². The Bertz CT molecular complexity index is 408. The molecule has 0 atom stereocenters. The minimum Gasteiger partial charge on any atom is -0.508 e. The highest BCUT2D eigenvalue weighted by molar-refractivity contribution is 5.25. The number of benzene rings is 2. The molecule has 0 radical (unpaired) electrons. The molecule has 2 rings (SSSR count). The molecular formula is C15H18O2. The standard InChI is InChI=1S/C8H10O.C7H8O/c1-2-7-3-5-8(9)6-4-7;1-6-2-4-7(8)5-3-6/h3-6,9H,2H2,1H3;2-5,8H,1H3. The normalized spacial score (nSPS) is 9.29. The van der Waals surface area contributed by atoms with E-state index < -0.39 is 0 Å². The Morgan fingerprint density at radius 1 is 0.765 bits per heavy atom. The van der Waals surface area contributed by atoms with Gasteiger partial charge < -0.3 is 10.2 Å². The monoisotopic (exact) mass is 230 g/mol. The van der Waals surface area contributed by atoms with Crippen molar-refractivity contribution in [3.05, 3.63) is 59.7 Å². The lowest BCUT2D eigenvalue weighted by Gasteiger charge is -1.93. The fraction of sp³-hybridized carbons (Fsp3) is 0.200. The summed E-state index contributed by atoms with van der Waals surface area (Å²) in [7, 11) is 0. The molecule has 2 nitrogen and oxygen atoms in total. The van der Waals surface area contributed by atoms with Crippen LogP contribution in [-0.4, -0.2) is 10.2 Å². The number of phenols is 2. The van der Waals surface area contributed by atoms with Crippen molar-refractivity contribution >= 4 is 0 Å². The fourth-order valence-electron chi connectivity index (χ4n) is 1.28. The van der Waals surface area contributed by atoms with Crippen molar-refractivity contribution in [1.82, 2.24) is 0 Å². The summed E-state index contributed by atoms with van der Waals surface area (Å²) < 4.78 is 0. The third-order valence-corrected chi connectivity index (χ3v) is 2.38. The molecule has 0 amide bonds. The quantitative estimate of drug-likeness (QED) is 0.785. The Morgan fingerprint density at radius 3 is 1.53 bits per heavy atom. The maximum absolute atomic E-state index is 8.85. The first-order chi connectivity index (χ1) is 8.11. The van der Waals surface area contributed by atoms with Crippen LogP contribution in [0, 0.1) is 6.92 Å². The van der Waals surface area contributed by atoms with Crippen LogP contribution in [0.3, 0.4) is 0 Å². The Labute approximate surface area is 102 Å². The van der Waals surface area contributed by atoms with E-state index in [9.17, 15) is 0 Å². The summed E-state index contributed by atoms with van der Waals surface area (Å²) in [4.78, 5) is 0. The van der Waals surface area contributed by atoms with E-state index in [0.29, 0.717) is 11.5 Å². The lowest BCUT2D eigenvalue weighted by molar-refractivity contribution is 0.474. The molecule has 2 N–H and O–H groups in total. The van der Waals surface area contributed by atoms with Crippen molar-refractivity contribution in [1.29, 1.82) is 0 Å². The summed E-state index contributed by atoms with van der Waals surface area (Å²) in [5.74, 6) is 0.669. The number of hydrogen-bond acceptors (Lipinski definition) is 2. The molecule has 0 saturated heterocycles. The zero-order valence-corrected chi connectivity index (χ0v) is 10.2. The lowest BCUT2D eigenvalue weighted by Crippen LogP contribution is -1.75. The van der Waals surface area contributed by atoms with Gasteiger partial charge in [0.2, 0.25) is 0 Å². The van der Waals surface area contributed by atoms with E-state index in [2.05, 4.69) is 6.92 Å². The van der Waals surface area contributed by atoms with Crippen LogP contribution in [0.1, 0.15) is 18.1 Å². The third kappa shape index (κ3) is 5.07. The van der Waals surface area contributed by atoms with Crippen LogP contribution in [0.15, 0.2) is 48.5 Å². The number of rotatable bonds is 1. The highest BCUT2D eigenvalue weighted by Crippen LogP contribution is 2.09. The molecule has 2 heteroatoms. The first kappa shape index (κ1) is 13.1. The van der Waals surface area contributed by atoms with Gasteiger partial charge in [-0.3, -0.25) is 0 Å². The van der Waals surface area contributed by atoms with Gasteiger partial charge in [-0.15, -0.1) is 0 Å². The molecule has 0 bridgehead atoms. The van der Waals surface area contributed by atoms with E-state index in [1.807, 2.05) is 31.2 Å². The molecule has 0 aliphatic carbocycles. The molecule has 0 fully saturated rings. The van der Waals surface area contributed by atoms with Crippen LogP contribution in [0.5, 0.6) is 11.5 Å². The van der Waals surface area contributed by atoms with Crippen molar-refractivity contribution in [2.24, 2.45) is 0 Å². The SMILES string of the molecule is CCc1ccc(O)cc1.Cc1ccc(O)cc1. The van der Waals surface area contributed by atoms with Gasteiger partial charge in [0.05, 0.1) is 0 Å². The Morgan fingerprint density at radius 2 is 1.18 bits per heavy atom. The second-order valence-electron chi connectivity index (χ2n) is 3.86. The summed E-state index contributed by atoms with van der Waals surface area (Å²) in [6.45, 7) is 4.08. The van der Waals surface area contributed by atoms with Gasteiger partial charge in [-0.1, -0.05) is 36.8 Å². The minimum atomic E-state index is 0.329. The molecule has 2 aromatic rings. The first-order valence-corrected chi connectivity index (χ1v) is 5.65. The van der Waals surface area contributed by atoms with Gasteiger partial charge in [-0.05, 0) is 43.2 Å². The maximum atomic E-state index is 8.85. The Kier molecular flexibility index (Phi) is 5.08. The van der Waals surface area contributed by atoms with Gasteiger partial charge in [0, 0.05) is 0 Å². The predicted octanol–water partition coefficient (Wildman–Crippen LogP) is 3.66. The molecule has 90 valence electrons. The maximum Gasteiger partial charge on any atom is 0.115 e. The van der Waals surface area contributed by atoms with Gasteiger partial charge >= 0.3 is 0 Å². The first-order valence-electron chi connectivity index (χ1n) is 5.65. The van der Waals surface area contributed by atoms with E-state index >= 15 is 0 Å². The molecule has 0 aliphatic heterocycles. The molecule has 0 spiro atoms. The molecule has 0 unspecified atom stereocenters. The van der Waals surface area contributed by atoms with E-state index in [-0.39, 0.29) is 0 Å². The second-order valence-corrected chi connectivity index (χ2v) is 3.86. The third-order valence-electron chi connectivity index (χ3n) is 2.38. The van der Waals surface area contributed by atoms with Gasteiger partial charge in [0.25, 0.3) is 0 Å². The highest BCUT2D eigenvalue weighted by Gasteiger charge is 1.86. The molecule has 0 heterocycles. The average Bonchev–Trinajstić information content (AvgIpc) is 2.35. The molecule has 2 aromatic carbocycles. The zero-order chi connectivity index (χ0) is 12.7. The predicted molar refractivity (Wildman–Crippen MR) is 70.3 cm³/mol. The molecule has 0 aromatic heterocycles. The lowest BCUT2D eigenvalue weighted by atomic mass is 10.2. The summed E-state index contributed by atoms with van der Waals surface area (Å²) >= 11 is 0. The van der Waals surface area contributed by atoms with E-state index in [1.165, 1.54) is 11.1 Å². The molecule has 17 heavy (non-hydrogen) atoms. The average molecular weight is 230 g/mol. The topological polar surface area (TPSA) is 40.5 Å². The van der Waals surface area contributed by atoms with Gasteiger partial charge in [0.1, 0.15) is 11.5 Å². The Hall–Kier alpha value is -1.96. The van der Waals surface area contributed by atoms with Crippen molar-refractivity contribution in [3.63, 3.8) is 0 Å². The van der Waals surface area contributed by atoms with Crippen LogP contribution >= 0.6 is 0 Å². The number of phenolic OH excluding ortho intramolecular Hbond substituents is 2. The van der Waals surface area contributed by atoms with Crippen LogP contribution < -0.4 is 0 Å². The molecular weight excluding hydrogens is 212 g/mol. The van der Waals surface area contributed by atoms with Gasteiger partial charge in [-0.25, -0.2) is 0 Å². The van der Waals surface area contributed by atoms with Crippen molar-refractivity contribution in [2.45, 2.75) is 20.3 Å². The van der Waals surface area contributed by atoms with E-state index in [0.717, 1.165) is 6.42 Å². The van der Waals surface area contributed by atoms with Gasteiger partial charge in [0.15, 0.2) is 0 Å². The second kappa shape index (κ2) is 6.59. The number of aromatic hydroxyl groups is 2. The van der Waals surface area contributed by atoms with Crippen molar-refractivity contribution in [3.8, 4) is 11.5 Å². The van der Waals surface area contributed by atoms with Crippen LogP contribution in [0.4, 0.5) is 0 Å². The smallest absolute Gasteiger partial charge is 0.115 e. The van der Waals surface area contributed by atoms with Crippen molar-refractivity contribution in [2.75, 3.05) is 0 Å². The summed E-state index contributed by atoms with van der Waals surface area (Å²) in [6.07, 6.45) is 1.03. The Balaban J connectivity index is 0.000000171. The summed E-state index contributed by atoms with van der Waals surface area (Å²) in [5, 5.41) is 17.6. The van der Waals surface area contributed by atoms with Crippen LogP contribution in [-0.2, 0) is 6.42 Å². The van der Waals surface area contributed by atoms with E-state index in [1.54, 1.807) is 24.3 Å². The highest BCUT2D eigenvalue weighted by atomic mass is 16.3. The summed E-state index contributed by atoms with van der Waals surface area (Å²) in [5.41, 5.74) is 2.43. The fourth-order valence-corrected chi connectivity index (χ4v) is 1.28. The van der Waals surface area contributed by atoms with Gasteiger partial charge in [-0.2, -0.15) is 0 Å². The minimum absolute atomic E-state index is 0.329. The molecule has 0 aliphatic rings. The molecule has 0 saturated carbocycles. The van der Waals surface area contributed by atoms with Crippen LogP contribution in [0.2, 0.25) is 0 Å². The number of aryl methyl sites for hydroxylation is 2. The number of hydrogen-bond donors (Lipinski definition) is 2. The summed E-state index contributed by atoms with van der Waals surface area (Å²) in [6, 6.07) is 14.4. The van der Waals surface area contributed by atoms with Crippen molar-refractivity contribution < 1.29 is 10.2 Å². The van der Waals surface area contributed by atoms with Crippen LogP contribution in [0.25, 0.3) is 0 Å². The zero-order valence-electron chi connectivity index (χ0n) is 10.2.